The molecule has 0 atom stereocenters. The topological polar surface area (TPSA) is 79.8 Å². The molecule has 0 amide bonds. The van der Waals surface area contributed by atoms with E-state index in [9.17, 15) is 4.57 Å². The van der Waals surface area contributed by atoms with E-state index in [-0.39, 0.29) is 13.2 Å². The summed E-state index contributed by atoms with van der Waals surface area (Å²) in [7, 11) is -4.56. The van der Waals surface area contributed by atoms with Crippen LogP contribution in [0.2, 0.25) is 0 Å². The van der Waals surface area contributed by atoms with Crippen LogP contribution < -0.4 is 10.6 Å². The third-order valence-electron chi connectivity index (χ3n) is 3.37. The fourth-order valence-corrected chi connectivity index (χ4v) is 5.19. The predicted molar refractivity (Wildman–Crippen MR) is 108 cm³/mol. The SMILES string of the molecule is CCOP(OCC)c1ccnc(-c2cc(P(=O)(OCC)OCC)ccn2)c1. The summed E-state index contributed by atoms with van der Waals surface area (Å²) in [5.74, 6) is 0. The van der Waals surface area contributed by atoms with Crippen LogP contribution in [0.25, 0.3) is 11.4 Å². The molecule has 7 nitrogen and oxygen atoms in total. The van der Waals surface area contributed by atoms with Gasteiger partial charge in [0, 0.05) is 17.7 Å². The molecule has 0 bridgehead atoms. The average Bonchev–Trinajstić information content (AvgIpc) is 2.68. The van der Waals surface area contributed by atoms with E-state index < -0.39 is 16.0 Å². The molecule has 0 unspecified atom stereocenters. The van der Waals surface area contributed by atoms with Crippen molar-refractivity contribution in [3.05, 3.63) is 36.7 Å². The van der Waals surface area contributed by atoms with E-state index in [0.29, 0.717) is 29.9 Å². The van der Waals surface area contributed by atoms with E-state index in [2.05, 4.69) is 9.97 Å². The van der Waals surface area contributed by atoms with Crippen molar-refractivity contribution in [2.45, 2.75) is 27.7 Å². The third-order valence-corrected chi connectivity index (χ3v) is 7.16. The lowest BCUT2D eigenvalue weighted by Gasteiger charge is -2.18. The largest absolute Gasteiger partial charge is 0.361 e. The summed E-state index contributed by atoms with van der Waals surface area (Å²) in [6, 6.07) is 7.10. The Balaban J connectivity index is 2.39. The normalized spacial score (nSPS) is 11.9. The van der Waals surface area contributed by atoms with Gasteiger partial charge in [-0.15, -0.1) is 0 Å². The second kappa shape index (κ2) is 11.0. The molecule has 2 aromatic rings. The molecule has 2 rings (SSSR count). The van der Waals surface area contributed by atoms with Crippen LogP contribution in [0.1, 0.15) is 27.7 Å². The summed E-state index contributed by atoms with van der Waals surface area (Å²) in [6.07, 6.45) is 3.27. The number of aromatic nitrogens is 2. The van der Waals surface area contributed by atoms with Crippen molar-refractivity contribution >= 4 is 26.6 Å². The van der Waals surface area contributed by atoms with Crippen molar-refractivity contribution in [1.29, 1.82) is 0 Å². The molecule has 0 aliphatic carbocycles. The zero-order chi connectivity index (χ0) is 19.7. The molecule has 0 aliphatic rings. The standard InChI is InChI=1S/C18H26N2O5P2/c1-5-22-26(23-6-2)15-9-11-19-17(13-15)18-14-16(10-12-20-18)27(21,24-7-3)25-8-4/h9-14H,5-8H2,1-4H3. The van der Waals surface area contributed by atoms with Crippen LogP contribution in [0.3, 0.4) is 0 Å². The quantitative estimate of drug-likeness (QED) is 0.515. The Hall–Kier alpha value is -1.20. The van der Waals surface area contributed by atoms with Crippen molar-refractivity contribution in [2.75, 3.05) is 26.4 Å². The van der Waals surface area contributed by atoms with E-state index in [4.69, 9.17) is 18.1 Å². The molecule has 0 fully saturated rings. The van der Waals surface area contributed by atoms with Crippen molar-refractivity contribution < 1.29 is 22.7 Å². The maximum atomic E-state index is 13.0. The number of hydrogen-bond donors (Lipinski definition) is 0. The minimum absolute atomic E-state index is 0.287. The van der Waals surface area contributed by atoms with Crippen molar-refractivity contribution in [2.24, 2.45) is 0 Å². The first-order valence-electron chi connectivity index (χ1n) is 8.96. The smallest absolute Gasteiger partial charge is 0.331 e. The number of pyridine rings is 2. The van der Waals surface area contributed by atoms with Crippen LogP contribution in [0.15, 0.2) is 36.7 Å². The molecule has 2 aromatic heterocycles. The highest BCUT2D eigenvalue weighted by Gasteiger charge is 2.27. The summed E-state index contributed by atoms with van der Waals surface area (Å²) >= 11 is 0. The van der Waals surface area contributed by atoms with Gasteiger partial charge in [0.2, 0.25) is 8.38 Å². The molecule has 0 spiro atoms. The molecule has 0 saturated heterocycles. The Morgan fingerprint density at radius 3 is 1.96 bits per heavy atom. The van der Waals surface area contributed by atoms with E-state index in [1.165, 1.54) is 0 Å². The molecule has 0 saturated carbocycles. The van der Waals surface area contributed by atoms with E-state index in [1.807, 2.05) is 26.0 Å². The monoisotopic (exact) mass is 412 g/mol. The molecule has 9 heteroatoms. The second-order valence-electron chi connectivity index (χ2n) is 5.22. The van der Waals surface area contributed by atoms with Crippen molar-refractivity contribution in [3.8, 4) is 11.4 Å². The predicted octanol–water partition coefficient (Wildman–Crippen LogP) is 4.05. The summed E-state index contributed by atoms with van der Waals surface area (Å²) in [4.78, 5) is 8.76. The van der Waals surface area contributed by atoms with Gasteiger partial charge >= 0.3 is 7.60 Å². The molecule has 0 aliphatic heterocycles. The average molecular weight is 412 g/mol. The summed E-state index contributed by atoms with van der Waals surface area (Å²) in [5.41, 5.74) is 1.22. The highest BCUT2D eigenvalue weighted by molar-refractivity contribution is 7.62. The van der Waals surface area contributed by atoms with Crippen LogP contribution in [-0.2, 0) is 22.7 Å². The van der Waals surface area contributed by atoms with Gasteiger partial charge in [-0.25, -0.2) is 0 Å². The lowest BCUT2D eigenvalue weighted by molar-refractivity contribution is 0.230. The maximum absolute atomic E-state index is 13.0. The highest BCUT2D eigenvalue weighted by Crippen LogP contribution is 2.47. The van der Waals surface area contributed by atoms with Crippen LogP contribution in [-0.4, -0.2) is 36.4 Å². The maximum Gasteiger partial charge on any atom is 0.361 e. The van der Waals surface area contributed by atoms with Gasteiger partial charge in [-0.1, -0.05) is 0 Å². The Labute approximate surface area is 161 Å². The zero-order valence-corrected chi connectivity index (χ0v) is 17.9. The van der Waals surface area contributed by atoms with E-state index in [0.717, 1.165) is 5.30 Å². The molecule has 2 heterocycles. The van der Waals surface area contributed by atoms with Gasteiger partial charge in [0.1, 0.15) is 0 Å². The van der Waals surface area contributed by atoms with Gasteiger partial charge in [-0.2, -0.15) is 0 Å². The van der Waals surface area contributed by atoms with Crippen molar-refractivity contribution in [1.82, 2.24) is 9.97 Å². The number of rotatable bonds is 11. The Morgan fingerprint density at radius 1 is 0.852 bits per heavy atom. The van der Waals surface area contributed by atoms with Gasteiger partial charge in [-0.05, 0) is 52.0 Å². The van der Waals surface area contributed by atoms with Gasteiger partial charge in [0.25, 0.3) is 0 Å². The minimum Gasteiger partial charge on any atom is -0.331 e. The summed E-state index contributed by atoms with van der Waals surface area (Å²) < 4.78 is 35.3. The molecule has 27 heavy (non-hydrogen) atoms. The summed E-state index contributed by atoms with van der Waals surface area (Å²) in [6.45, 7) is 9.11. The fraction of sp³-hybridized carbons (Fsp3) is 0.444. The van der Waals surface area contributed by atoms with Gasteiger partial charge < -0.3 is 18.1 Å². The van der Waals surface area contributed by atoms with Crippen molar-refractivity contribution in [3.63, 3.8) is 0 Å². The van der Waals surface area contributed by atoms with E-state index >= 15 is 0 Å². The first kappa shape index (κ1) is 22.1. The zero-order valence-electron chi connectivity index (χ0n) is 16.1. The molecule has 0 radical (unpaired) electrons. The van der Waals surface area contributed by atoms with Crippen LogP contribution in [0.5, 0.6) is 0 Å². The number of hydrogen-bond acceptors (Lipinski definition) is 7. The van der Waals surface area contributed by atoms with Crippen LogP contribution in [0, 0.1) is 0 Å². The lowest BCUT2D eigenvalue weighted by Crippen LogP contribution is -2.12. The summed E-state index contributed by atoms with van der Waals surface area (Å²) in [5, 5.41) is 1.36. The Kier molecular flexibility index (Phi) is 8.97. The Morgan fingerprint density at radius 2 is 1.41 bits per heavy atom. The van der Waals surface area contributed by atoms with Crippen LogP contribution >= 0.6 is 16.0 Å². The highest BCUT2D eigenvalue weighted by atomic mass is 31.2. The lowest BCUT2D eigenvalue weighted by atomic mass is 10.2. The molecule has 0 N–H and O–H groups in total. The van der Waals surface area contributed by atoms with E-state index in [1.54, 1.807) is 38.4 Å². The fourth-order valence-electron chi connectivity index (χ4n) is 2.35. The Bertz CT molecular complexity index is 759. The second-order valence-corrected chi connectivity index (χ2v) is 8.80. The molecule has 148 valence electrons. The molecule has 0 aromatic carbocycles. The minimum atomic E-state index is -3.38. The third kappa shape index (κ3) is 5.89. The van der Waals surface area contributed by atoms with Gasteiger partial charge in [0.05, 0.1) is 43.1 Å². The number of nitrogens with zero attached hydrogens (tertiary/aromatic N) is 2. The first-order chi connectivity index (χ1) is 13.1. The van der Waals surface area contributed by atoms with Gasteiger partial charge in [-0.3, -0.25) is 14.5 Å². The molecular weight excluding hydrogens is 386 g/mol. The molecular formula is C18H26N2O5P2. The van der Waals surface area contributed by atoms with Gasteiger partial charge in [0.15, 0.2) is 0 Å². The first-order valence-corrected chi connectivity index (χ1v) is 11.7. The van der Waals surface area contributed by atoms with Crippen LogP contribution in [0.4, 0.5) is 0 Å².